The number of halogens is 3. The largest absolute Gasteiger partial charge is 0.523 e. The molecular formula is C17H26F3N3O6. The lowest BCUT2D eigenvalue weighted by Crippen LogP contribution is -2.60. The van der Waals surface area contributed by atoms with Crippen molar-refractivity contribution in [1.29, 1.82) is 0 Å². The maximum atomic E-state index is 12.5. The number of alkyl halides is 3. The number of amides is 3. The fraction of sp³-hybridized carbons (Fsp3) is 0.824. The summed E-state index contributed by atoms with van der Waals surface area (Å²) in [6.07, 6.45) is -5.57. The number of ether oxygens (including phenoxy) is 3. The van der Waals surface area contributed by atoms with Crippen molar-refractivity contribution in [2.45, 2.75) is 82.6 Å². The minimum Gasteiger partial charge on any atom is -0.444 e. The lowest BCUT2D eigenvalue weighted by atomic mass is 9.79. The minimum atomic E-state index is -4.95. The molecule has 1 saturated carbocycles. The molecule has 0 bridgehead atoms. The quantitative estimate of drug-likeness (QED) is 0.591. The van der Waals surface area contributed by atoms with Gasteiger partial charge in [-0.1, -0.05) is 0 Å². The Hall–Kier alpha value is -2.08. The third-order valence-corrected chi connectivity index (χ3v) is 4.47. The maximum absolute atomic E-state index is 12.5. The molecule has 1 heterocycles. The highest BCUT2D eigenvalue weighted by molar-refractivity contribution is 5.89. The van der Waals surface area contributed by atoms with Crippen LogP contribution < -0.4 is 16.2 Å². The first-order chi connectivity index (χ1) is 13.3. The summed E-state index contributed by atoms with van der Waals surface area (Å²) in [5, 5.41) is 2.63. The van der Waals surface area contributed by atoms with Crippen molar-refractivity contribution in [3.63, 3.8) is 0 Å². The van der Waals surface area contributed by atoms with E-state index in [1.807, 2.05) is 5.43 Å². The topological polar surface area (TPSA) is 115 Å². The number of hydrogen-bond donors (Lipinski definition) is 3. The van der Waals surface area contributed by atoms with Gasteiger partial charge in [0.25, 0.3) is 11.8 Å². The average Bonchev–Trinajstić information content (AvgIpc) is 2.53. The second kappa shape index (κ2) is 8.74. The molecule has 29 heavy (non-hydrogen) atoms. The van der Waals surface area contributed by atoms with E-state index in [2.05, 4.69) is 15.5 Å². The molecular weight excluding hydrogens is 399 g/mol. The normalized spacial score (nSPS) is 24.1. The van der Waals surface area contributed by atoms with Gasteiger partial charge < -0.3 is 14.8 Å². The van der Waals surface area contributed by atoms with E-state index in [0.717, 1.165) is 0 Å². The Morgan fingerprint density at radius 2 is 1.72 bits per heavy atom. The van der Waals surface area contributed by atoms with Crippen LogP contribution in [0.3, 0.4) is 0 Å². The van der Waals surface area contributed by atoms with E-state index < -0.39 is 41.6 Å². The Bertz CT molecular complexity index is 623. The van der Waals surface area contributed by atoms with E-state index in [9.17, 15) is 27.6 Å². The molecule has 2 rings (SSSR count). The molecule has 1 aliphatic heterocycles. The second-order valence-electron chi connectivity index (χ2n) is 8.08. The van der Waals surface area contributed by atoms with Crippen molar-refractivity contribution in [2.75, 3.05) is 6.61 Å². The third-order valence-electron chi connectivity index (χ3n) is 4.47. The van der Waals surface area contributed by atoms with Crippen LogP contribution in [0.4, 0.5) is 18.0 Å². The van der Waals surface area contributed by atoms with Crippen molar-refractivity contribution in [3.05, 3.63) is 0 Å². The zero-order valence-corrected chi connectivity index (χ0v) is 16.5. The summed E-state index contributed by atoms with van der Waals surface area (Å²) < 4.78 is 51.9. The molecule has 2 fully saturated rings. The predicted octanol–water partition coefficient (Wildman–Crippen LogP) is 1.67. The number of hydrogen-bond acceptors (Lipinski definition) is 6. The Kier molecular flexibility index (Phi) is 6.99. The molecule has 0 aromatic rings. The van der Waals surface area contributed by atoms with E-state index >= 15 is 0 Å². The number of carbonyl (C=O) groups is 3. The monoisotopic (exact) mass is 425 g/mol. The third kappa shape index (κ3) is 7.03. The fourth-order valence-electron chi connectivity index (χ4n) is 2.95. The highest BCUT2D eigenvalue weighted by Crippen LogP contribution is 2.40. The van der Waals surface area contributed by atoms with E-state index in [0.29, 0.717) is 12.8 Å². The van der Waals surface area contributed by atoms with Gasteiger partial charge in [0.1, 0.15) is 11.7 Å². The van der Waals surface area contributed by atoms with Gasteiger partial charge >= 0.3 is 12.5 Å². The smallest absolute Gasteiger partial charge is 0.444 e. The van der Waals surface area contributed by atoms with E-state index in [1.165, 1.54) is 0 Å². The Morgan fingerprint density at radius 3 is 2.17 bits per heavy atom. The van der Waals surface area contributed by atoms with Crippen LogP contribution in [-0.4, -0.2) is 54.2 Å². The molecule has 0 unspecified atom stereocenters. The summed E-state index contributed by atoms with van der Waals surface area (Å²) in [6, 6.07) is -0.345. The number of hydrazine groups is 1. The van der Waals surface area contributed by atoms with Crippen molar-refractivity contribution in [1.82, 2.24) is 16.2 Å². The maximum Gasteiger partial charge on any atom is 0.523 e. The molecule has 0 spiro atoms. The molecule has 3 amide bonds. The molecule has 12 heteroatoms. The summed E-state index contributed by atoms with van der Waals surface area (Å²) in [7, 11) is 0. The minimum absolute atomic E-state index is 0.0480. The molecule has 1 aliphatic carbocycles. The fourth-order valence-corrected chi connectivity index (χ4v) is 2.95. The van der Waals surface area contributed by atoms with Crippen LogP contribution in [0.25, 0.3) is 0 Å². The van der Waals surface area contributed by atoms with Crippen molar-refractivity contribution < 1.29 is 41.8 Å². The molecule has 0 aromatic carbocycles. The van der Waals surface area contributed by atoms with Crippen LogP contribution in [0.5, 0.6) is 0 Å². The van der Waals surface area contributed by atoms with E-state index in [-0.39, 0.29) is 31.9 Å². The second-order valence-corrected chi connectivity index (χ2v) is 8.08. The zero-order chi connectivity index (χ0) is 21.9. The van der Waals surface area contributed by atoms with Crippen LogP contribution in [0.1, 0.15) is 52.9 Å². The van der Waals surface area contributed by atoms with Crippen molar-refractivity contribution in [3.8, 4) is 0 Å². The lowest BCUT2D eigenvalue weighted by Gasteiger charge is -2.39. The first-order valence-corrected chi connectivity index (χ1v) is 9.28. The van der Waals surface area contributed by atoms with Crippen LogP contribution >= 0.6 is 0 Å². The number of nitrogens with one attached hydrogen (secondary N) is 3. The standard InChI is InChI=1S/C17H26F3N3O6/c1-15(2,3)28-14(26)21-10-5-6-11(27-9-10)12(24)22-23-13(25)16(7-4-8-16)29-17(18,19)20/h10-11H,4-9H2,1-3H3,(H,21,26)(H,22,24)(H,23,25)/t10-,11+/m1/s1. The van der Waals surface area contributed by atoms with Crippen LogP contribution in [0.2, 0.25) is 0 Å². The number of alkyl carbamates (subject to hydrolysis) is 1. The van der Waals surface area contributed by atoms with Gasteiger partial charge in [-0.05, 0) is 52.9 Å². The Balaban J connectivity index is 1.74. The molecule has 0 aromatic heterocycles. The van der Waals surface area contributed by atoms with Crippen LogP contribution in [0, 0.1) is 0 Å². The number of carbonyl (C=O) groups excluding carboxylic acids is 3. The molecule has 2 atom stereocenters. The van der Waals surface area contributed by atoms with Crippen LogP contribution in [0.15, 0.2) is 0 Å². The van der Waals surface area contributed by atoms with Crippen molar-refractivity contribution in [2.24, 2.45) is 0 Å². The number of rotatable bonds is 4. The van der Waals surface area contributed by atoms with Gasteiger partial charge in [-0.25, -0.2) is 4.79 Å². The summed E-state index contributed by atoms with van der Waals surface area (Å²) in [6.45, 7) is 5.23. The zero-order valence-electron chi connectivity index (χ0n) is 16.5. The van der Waals surface area contributed by atoms with Gasteiger partial charge in [0.05, 0.1) is 12.6 Å². The summed E-state index contributed by atoms with van der Waals surface area (Å²) in [5.74, 6) is -1.76. The van der Waals surface area contributed by atoms with Gasteiger partial charge in [-0.2, -0.15) is 0 Å². The summed E-state index contributed by atoms with van der Waals surface area (Å²) in [4.78, 5) is 35.9. The predicted molar refractivity (Wildman–Crippen MR) is 92.1 cm³/mol. The van der Waals surface area contributed by atoms with Gasteiger partial charge in [0.15, 0.2) is 5.60 Å². The average molecular weight is 425 g/mol. The van der Waals surface area contributed by atoms with Gasteiger partial charge in [0, 0.05) is 0 Å². The molecule has 2 aliphatic rings. The molecule has 0 radical (unpaired) electrons. The molecule has 166 valence electrons. The van der Waals surface area contributed by atoms with E-state index in [4.69, 9.17) is 9.47 Å². The van der Waals surface area contributed by atoms with Gasteiger partial charge in [-0.15, -0.1) is 13.2 Å². The Labute approximate surface area is 166 Å². The van der Waals surface area contributed by atoms with Crippen molar-refractivity contribution >= 4 is 17.9 Å². The molecule has 1 saturated heterocycles. The van der Waals surface area contributed by atoms with Gasteiger partial charge in [0.2, 0.25) is 0 Å². The van der Waals surface area contributed by atoms with Crippen LogP contribution in [-0.2, 0) is 23.8 Å². The SMILES string of the molecule is CC(C)(C)OC(=O)N[C@@H]1CC[C@@H](C(=O)NNC(=O)C2(OC(F)(F)F)CCC2)OC1. The molecule has 9 nitrogen and oxygen atoms in total. The Morgan fingerprint density at radius 1 is 1.07 bits per heavy atom. The van der Waals surface area contributed by atoms with Gasteiger partial charge in [-0.3, -0.25) is 25.2 Å². The highest BCUT2D eigenvalue weighted by atomic mass is 19.4. The lowest BCUT2D eigenvalue weighted by molar-refractivity contribution is -0.370. The first kappa shape index (κ1) is 23.2. The summed E-state index contributed by atoms with van der Waals surface area (Å²) >= 11 is 0. The molecule has 3 N–H and O–H groups in total. The highest BCUT2D eigenvalue weighted by Gasteiger charge is 2.53. The summed E-state index contributed by atoms with van der Waals surface area (Å²) in [5.41, 5.74) is 1.40. The first-order valence-electron chi connectivity index (χ1n) is 9.28. The van der Waals surface area contributed by atoms with E-state index in [1.54, 1.807) is 20.8 Å².